The van der Waals surface area contributed by atoms with Gasteiger partial charge in [-0.1, -0.05) is 41.0 Å². The Labute approximate surface area is 127 Å². The van der Waals surface area contributed by atoms with Gasteiger partial charge in [0.2, 0.25) is 0 Å². The summed E-state index contributed by atoms with van der Waals surface area (Å²) in [5.41, 5.74) is 0.358. The molecule has 0 aromatic carbocycles. The summed E-state index contributed by atoms with van der Waals surface area (Å²) in [6.45, 7) is 18.5. The van der Waals surface area contributed by atoms with Gasteiger partial charge < -0.3 is 4.74 Å². The number of hydrogen-bond acceptors (Lipinski definition) is 2. The lowest BCUT2D eigenvalue weighted by Gasteiger charge is -2.53. The van der Waals surface area contributed by atoms with Crippen molar-refractivity contribution in [2.24, 2.45) is 11.3 Å². The van der Waals surface area contributed by atoms with Gasteiger partial charge in [-0.3, -0.25) is 5.32 Å². The van der Waals surface area contributed by atoms with E-state index in [0.717, 1.165) is 12.8 Å². The van der Waals surface area contributed by atoms with E-state index in [-0.39, 0.29) is 11.3 Å². The second kappa shape index (κ2) is 6.36. The maximum atomic E-state index is 6.51. The lowest BCUT2D eigenvalue weighted by atomic mass is 9.76. The van der Waals surface area contributed by atoms with Crippen molar-refractivity contribution in [2.45, 2.75) is 105 Å². The van der Waals surface area contributed by atoms with Crippen molar-refractivity contribution in [3.63, 3.8) is 0 Å². The maximum Gasteiger partial charge on any atom is 0.122 e. The number of unbranched alkanes of at least 4 members (excludes halogenated alkanes) is 1. The average molecular weight is 284 g/mol. The first-order valence-electron chi connectivity index (χ1n) is 8.47. The van der Waals surface area contributed by atoms with Crippen LogP contribution in [-0.4, -0.2) is 17.4 Å². The van der Waals surface area contributed by atoms with Crippen molar-refractivity contribution in [1.82, 2.24) is 5.32 Å². The van der Waals surface area contributed by atoms with Crippen molar-refractivity contribution in [2.75, 3.05) is 0 Å². The third kappa shape index (κ3) is 5.04. The van der Waals surface area contributed by atoms with Crippen molar-refractivity contribution in [3.05, 3.63) is 0 Å². The third-order valence-electron chi connectivity index (χ3n) is 4.38. The third-order valence-corrected chi connectivity index (χ3v) is 4.38. The molecule has 1 aliphatic rings. The fourth-order valence-corrected chi connectivity index (χ4v) is 3.90. The number of hydrogen-bond donors (Lipinski definition) is 1. The minimum atomic E-state index is -0.148. The second-order valence-corrected chi connectivity index (χ2v) is 8.80. The number of nitrogens with one attached hydrogen (secondary N) is 1. The average Bonchev–Trinajstić information content (AvgIpc) is 2.21. The smallest absolute Gasteiger partial charge is 0.122 e. The molecule has 2 nitrogen and oxygen atoms in total. The highest BCUT2D eigenvalue weighted by Gasteiger charge is 2.46. The zero-order valence-electron chi connectivity index (χ0n) is 15.1. The quantitative estimate of drug-likeness (QED) is 0.756. The standard InChI is InChI=1S/C18H37NO/c1-9-10-11-18(14(2)12-16(4,5)6)19-17(7,8)13-15(3)20-18/h14-15,19H,9-13H2,1-8H3. The molecule has 0 radical (unpaired) electrons. The lowest BCUT2D eigenvalue weighted by Crippen LogP contribution is -2.66. The molecule has 0 aromatic rings. The van der Waals surface area contributed by atoms with Gasteiger partial charge >= 0.3 is 0 Å². The van der Waals surface area contributed by atoms with Gasteiger partial charge in [0.15, 0.2) is 0 Å². The zero-order valence-corrected chi connectivity index (χ0v) is 15.1. The SMILES string of the molecule is CCCCC1(C(C)CC(C)(C)C)NC(C)(C)CC(C)O1. The maximum absolute atomic E-state index is 6.51. The molecule has 1 heterocycles. The van der Waals surface area contributed by atoms with Crippen molar-refractivity contribution < 1.29 is 4.74 Å². The molecule has 3 unspecified atom stereocenters. The predicted octanol–water partition coefficient (Wildman–Crippen LogP) is 5.12. The van der Waals surface area contributed by atoms with E-state index in [4.69, 9.17) is 4.74 Å². The molecular formula is C18H37NO. The largest absolute Gasteiger partial charge is 0.357 e. The van der Waals surface area contributed by atoms with Crippen LogP contribution in [0, 0.1) is 11.3 Å². The van der Waals surface area contributed by atoms with Crippen LogP contribution in [0.4, 0.5) is 0 Å². The summed E-state index contributed by atoms with van der Waals surface area (Å²) in [7, 11) is 0. The highest BCUT2D eigenvalue weighted by molar-refractivity contribution is 4.97. The van der Waals surface area contributed by atoms with Crippen LogP contribution >= 0.6 is 0 Å². The molecule has 0 aromatic heterocycles. The molecule has 0 bridgehead atoms. The minimum absolute atomic E-state index is 0.148. The first-order valence-corrected chi connectivity index (χ1v) is 8.47. The predicted molar refractivity (Wildman–Crippen MR) is 87.9 cm³/mol. The molecule has 3 atom stereocenters. The molecule has 1 aliphatic heterocycles. The van der Waals surface area contributed by atoms with Crippen molar-refractivity contribution in [1.29, 1.82) is 0 Å². The normalized spacial score (nSPS) is 32.1. The highest BCUT2D eigenvalue weighted by Crippen LogP contribution is 2.40. The van der Waals surface area contributed by atoms with Gasteiger partial charge in [0.1, 0.15) is 5.72 Å². The van der Waals surface area contributed by atoms with E-state index in [1.807, 2.05) is 0 Å². The van der Waals surface area contributed by atoms with Gasteiger partial charge in [0.05, 0.1) is 6.10 Å². The van der Waals surface area contributed by atoms with E-state index in [0.29, 0.717) is 17.4 Å². The van der Waals surface area contributed by atoms with Gasteiger partial charge in [-0.05, 0) is 57.8 Å². The van der Waals surface area contributed by atoms with E-state index in [1.54, 1.807) is 0 Å². The van der Waals surface area contributed by atoms with Crippen LogP contribution in [-0.2, 0) is 4.74 Å². The van der Waals surface area contributed by atoms with E-state index in [1.165, 1.54) is 19.3 Å². The van der Waals surface area contributed by atoms with Gasteiger partial charge in [-0.15, -0.1) is 0 Å². The Morgan fingerprint density at radius 3 is 2.35 bits per heavy atom. The Bertz CT molecular complexity index is 305. The van der Waals surface area contributed by atoms with E-state index < -0.39 is 0 Å². The monoisotopic (exact) mass is 283 g/mol. The van der Waals surface area contributed by atoms with Crippen LogP contribution in [0.25, 0.3) is 0 Å². The molecule has 0 aliphatic carbocycles. The highest BCUT2D eigenvalue weighted by atomic mass is 16.5. The van der Waals surface area contributed by atoms with Gasteiger partial charge in [0.25, 0.3) is 0 Å². The van der Waals surface area contributed by atoms with Crippen LogP contribution in [0.2, 0.25) is 0 Å². The number of rotatable bonds is 5. The Hall–Kier alpha value is -0.0800. The molecule has 0 spiro atoms. The summed E-state index contributed by atoms with van der Waals surface area (Å²) in [4.78, 5) is 0. The van der Waals surface area contributed by atoms with Gasteiger partial charge in [0, 0.05) is 5.54 Å². The number of ether oxygens (including phenoxy) is 1. The zero-order chi connectivity index (χ0) is 15.6. The Kier molecular flexibility index (Phi) is 5.71. The van der Waals surface area contributed by atoms with Crippen LogP contribution in [0.1, 0.15) is 87.5 Å². The molecular weight excluding hydrogens is 246 g/mol. The van der Waals surface area contributed by atoms with E-state index in [2.05, 4.69) is 60.7 Å². The molecule has 2 heteroatoms. The fraction of sp³-hybridized carbons (Fsp3) is 1.00. The Morgan fingerprint density at radius 2 is 1.90 bits per heavy atom. The molecule has 20 heavy (non-hydrogen) atoms. The molecule has 0 saturated carbocycles. The summed E-state index contributed by atoms with van der Waals surface area (Å²) in [5, 5.41) is 3.87. The minimum Gasteiger partial charge on any atom is -0.357 e. The topological polar surface area (TPSA) is 21.3 Å². The molecule has 1 rings (SSSR count). The first-order chi connectivity index (χ1) is 9.00. The lowest BCUT2D eigenvalue weighted by molar-refractivity contribution is -0.199. The van der Waals surface area contributed by atoms with Gasteiger partial charge in [-0.2, -0.15) is 0 Å². The summed E-state index contributed by atoms with van der Waals surface area (Å²) < 4.78 is 6.51. The Morgan fingerprint density at radius 1 is 1.30 bits per heavy atom. The fourth-order valence-electron chi connectivity index (χ4n) is 3.90. The molecule has 1 fully saturated rings. The summed E-state index contributed by atoms with van der Waals surface area (Å²) in [5.74, 6) is 0.524. The summed E-state index contributed by atoms with van der Waals surface area (Å²) >= 11 is 0. The van der Waals surface area contributed by atoms with Crippen molar-refractivity contribution in [3.8, 4) is 0 Å². The molecule has 120 valence electrons. The molecule has 1 saturated heterocycles. The molecule has 0 amide bonds. The summed E-state index contributed by atoms with van der Waals surface area (Å²) in [6, 6.07) is 0. The van der Waals surface area contributed by atoms with E-state index in [9.17, 15) is 0 Å². The van der Waals surface area contributed by atoms with Crippen LogP contribution in [0.5, 0.6) is 0 Å². The van der Waals surface area contributed by atoms with Gasteiger partial charge in [-0.25, -0.2) is 0 Å². The summed E-state index contributed by atoms with van der Waals surface area (Å²) in [6.07, 6.45) is 6.18. The van der Waals surface area contributed by atoms with Crippen LogP contribution in [0.15, 0.2) is 0 Å². The van der Waals surface area contributed by atoms with E-state index >= 15 is 0 Å². The first kappa shape index (κ1) is 18.0. The van der Waals surface area contributed by atoms with Crippen LogP contribution in [0.3, 0.4) is 0 Å². The second-order valence-electron chi connectivity index (χ2n) is 8.80. The Balaban J connectivity index is 2.96. The van der Waals surface area contributed by atoms with Crippen LogP contribution < -0.4 is 5.32 Å². The van der Waals surface area contributed by atoms with Crippen molar-refractivity contribution >= 4 is 0 Å². The molecule has 1 N–H and O–H groups in total.